The van der Waals surface area contributed by atoms with Gasteiger partial charge in [0.05, 0.1) is 11.6 Å². The van der Waals surface area contributed by atoms with E-state index in [1.807, 2.05) is 26.8 Å². The molecule has 1 heterocycles. The summed E-state index contributed by atoms with van der Waals surface area (Å²) >= 11 is 1.29. The molecule has 0 saturated carbocycles. The van der Waals surface area contributed by atoms with Gasteiger partial charge in [-0.2, -0.15) is 0 Å². The Bertz CT molecular complexity index is 1020. The molecule has 0 saturated heterocycles. The summed E-state index contributed by atoms with van der Waals surface area (Å²) in [6.45, 7) is 9.57. The van der Waals surface area contributed by atoms with E-state index in [1.54, 1.807) is 38.4 Å². The number of Topliss-reactive ketones (excluding diaryl/α,β-unsaturated/α-hetero) is 1. The van der Waals surface area contributed by atoms with E-state index in [9.17, 15) is 9.59 Å². The van der Waals surface area contributed by atoms with Crippen LogP contribution in [0.3, 0.4) is 0 Å². The third-order valence-corrected chi connectivity index (χ3v) is 5.01. The standard InChI is InChI=1S/C21H25NO4S/c1-7-10-26-15-9-8-14(11-16(15)25-6)12-17-20(24)22(5)19(27-17)13-18(23)21(2,3)4/h7-9,11-13H,1,10H2,2-6H3/b17-12-,19-13-. The van der Waals surface area contributed by atoms with Crippen LogP contribution in [-0.2, 0) is 11.8 Å². The van der Waals surface area contributed by atoms with Gasteiger partial charge in [-0.05, 0) is 23.8 Å². The molecule has 2 rings (SSSR count). The Morgan fingerprint density at radius 1 is 1.30 bits per heavy atom. The Labute approximate surface area is 162 Å². The summed E-state index contributed by atoms with van der Waals surface area (Å²) in [6, 6.07) is 5.45. The van der Waals surface area contributed by atoms with E-state index >= 15 is 0 Å². The van der Waals surface area contributed by atoms with Gasteiger partial charge in [0.2, 0.25) is 0 Å². The second kappa shape index (κ2) is 8.39. The molecule has 1 aromatic carbocycles. The number of aromatic nitrogens is 1. The molecule has 0 aliphatic heterocycles. The number of rotatable bonds is 6. The summed E-state index contributed by atoms with van der Waals surface area (Å²) in [5.74, 6) is 1.17. The zero-order valence-corrected chi connectivity index (χ0v) is 17.2. The maximum absolute atomic E-state index is 12.5. The first kappa shape index (κ1) is 20.7. The zero-order chi connectivity index (χ0) is 20.2. The van der Waals surface area contributed by atoms with Crippen molar-refractivity contribution in [3.8, 4) is 11.5 Å². The average Bonchev–Trinajstić information content (AvgIpc) is 2.87. The molecule has 0 atom stereocenters. The minimum atomic E-state index is -0.488. The third kappa shape index (κ3) is 4.98. The molecule has 0 bridgehead atoms. The van der Waals surface area contributed by atoms with Crippen LogP contribution in [-0.4, -0.2) is 24.1 Å². The van der Waals surface area contributed by atoms with Gasteiger partial charge in [0.1, 0.15) is 11.3 Å². The summed E-state index contributed by atoms with van der Waals surface area (Å²) < 4.78 is 13.6. The molecular formula is C21H25NO4S. The molecule has 0 radical (unpaired) electrons. The second-order valence-corrected chi connectivity index (χ2v) is 8.14. The highest BCUT2D eigenvalue weighted by atomic mass is 32.1. The summed E-state index contributed by atoms with van der Waals surface area (Å²) in [5, 5.41) is 0. The zero-order valence-electron chi connectivity index (χ0n) is 16.4. The quantitative estimate of drug-likeness (QED) is 0.714. The first-order valence-electron chi connectivity index (χ1n) is 8.53. The van der Waals surface area contributed by atoms with E-state index in [0.717, 1.165) is 5.56 Å². The lowest BCUT2D eigenvalue weighted by molar-refractivity contribution is -0.120. The van der Waals surface area contributed by atoms with Crippen LogP contribution in [0.5, 0.6) is 11.5 Å². The molecule has 0 fully saturated rings. The van der Waals surface area contributed by atoms with Crippen molar-refractivity contribution in [1.82, 2.24) is 4.57 Å². The largest absolute Gasteiger partial charge is 0.493 e. The van der Waals surface area contributed by atoms with Gasteiger partial charge in [-0.25, -0.2) is 0 Å². The van der Waals surface area contributed by atoms with Crippen LogP contribution in [0.4, 0.5) is 0 Å². The highest BCUT2D eigenvalue weighted by Gasteiger charge is 2.19. The molecular weight excluding hydrogens is 362 g/mol. The van der Waals surface area contributed by atoms with E-state index in [2.05, 4.69) is 6.58 Å². The molecule has 1 aromatic heterocycles. The van der Waals surface area contributed by atoms with Crippen molar-refractivity contribution in [3.63, 3.8) is 0 Å². The Balaban J connectivity index is 2.50. The third-order valence-electron chi connectivity index (χ3n) is 3.90. The van der Waals surface area contributed by atoms with Gasteiger partial charge in [0.15, 0.2) is 17.3 Å². The number of ketones is 1. The van der Waals surface area contributed by atoms with Gasteiger partial charge in [-0.15, -0.1) is 11.3 Å². The van der Waals surface area contributed by atoms with Gasteiger partial charge >= 0.3 is 0 Å². The molecule has 5 nitrogen and oxygen atoms in total. The molecule has 0 unspecified atom stereocenters. The number of methoxy groups -OCH3 is 1. The van der Waals surface area contributed by atoms with Crippen LogP contribution >= 0.6 is 11.3 Å². The minimum Gasteiger partial charge on any atom is -0.493 e. The van der Waals surface area contributed by atoms with Gasteiger partial charge in [-0.1, -0.05) is 39.5 Å². The lowest BCUT2D eigenvalue weighted by Crippen LogP contribution is -2.30. The first-order chi connectivity index (χ1) is 12.7. The molecule has 0 aliphatic rings. The number of benzene rings is 1. The lowest BCUT2D eigenvalue weighted by Gasteiger charge is -2.12. The fourth-order valence-electron chi connectivity index (χ4n) is 2.23. The second-order valence-electron chi connectivity index (χ2n) is 7.08. The summed E-state index contributed by atoms with van der Waals surface area (Å²) in [7, 11) is 3.24. The van der Waals surface area contributed by atoms with Crippen molar-refractivity contribution in [1.29, 1.82) is 0 Å². The first-order valence-corrected chi connectivity index (χ1v) is 9.34. The fourth-order valence-corrected chi connectivity index (χ4v) is 3.26. The van der Waals surface area contributed by atoms with Crippen molar-refractivity contribution < 1.29 is 14.3 Å². The summed E-state index contributed by atoms with van der Waals surface area (Å²) in [4.78, 5) is 24.8. The molecule has 0 spiro atoms. The number of hydrogen-bond acceptors (Lipinski definition) is 5. The Hall–Kier alpha value is -2.60. The number of nitrogens with zero attached hydrogens (tertiary/aromatic N) is 1. The van der Waals surface area contributed by atoms with Gasteiger partial charge in [0, 0.05) is 18.5 Å². The Morgan fingerprint density at radius 3 is 2.59 bits per heavy atom. The van der Waals surface area contributed by atoms with Crippen molar-refractivity contribution in [3.05, 3.63) is 56.0 Å². The van der Waals surface area contributed by atoms with Crippen molar-refractivity contribution in [2.24, 2.45) is 12.5 Å². The van der Waals surface area contributed by atoms with E-state index < -0.39 is 5.41 Å². The maximum Gasteiger partial charge on any atom is 0.268 e. The van der Waals surface area contributed by atoms with E-state index in [4.69, 9.17) is 9.47 Å². The van der Waals surface area contributed by atoms with Crippen LogP contribution in [0.25, 0.3) is 12.2 Å². The number of hydrogen-bond donors (Lipinski definition) is 0. The number of thiazole rings is 1. The predicted octanol–water partition coefficient (Wildman–Crippen LogP) is 2.24. The van der Waals surface area contributed by atoms with Crippen molar-refractivity contribution >= 4 is 29.3 Å². The van der Waals surface area contributed by atoms with Crippen LogP contribution in [0, 0.1) is 5.41 Å². The van der Waals surface area contributed by atoms with Gasteiger partial charge in [-0.3, -0.25) is 9.59 Å². The van der Waals surface area contributed by atoms with Crippen molar-refractivity contribution in [2.45, 2.75) is 20.8 Å². The maximum atomic E-state index is 12.5. The van der Waals surface area contributed by atoms with E-state index in [-0.39, 0.29) is 11.3 Å². The molecule has 0 amide bonds. The normalized spacial score (nSPS) is 12.9. The number of carbonyl (C=O) groups is 1. The lowest BCUT2D eigenvalue weighted by atomic mass is 9.91. The minimum absolute atomic E-state index is 0.0173. The van der Waals surface area contributed by atoms with Crippen LogP contribution in [0.15, 0.2) is 35.6 Å². The van der Waals surface area contributed by atoms with Gasteiger partial charge in [0.25, 0.3) is 5.56 Å². The fraction of sp³-hybridized carbons (Fsp3) is 0.333. The van der Waals surface area contributed by atoms with Crippen LogP contribution < -0.4 is 24.2 Å². The SMILES string of the molecule is C=CCOc1ccc(/C=c2\s/c(=C\C(=O)C(C)(C)C)n(C)c2=O)cc1OC. The Morgan fingerprint density at radius 2 is 2.00 bits per heavy atom. The molecule has 144 valence electrons. The highest BCUT2D eigenvalue weighted by Crippen LogP contribution is 2.28. The average molecular weight is 388 g/mol. The molecule has 0 aliphatic carbocycles. The molecule has 0 N–H and O–H groups in total. The summed E-state index contributed by atoms with van der Waals surface area (Å²) in [6.07, 6.45) is 4.98. The monoisotopic (exact) mass is 387 g/mol. The van der Waals surface area contributed by atoms with Crippen LogP contribution in [0.1, 0.15) is 26.3 Å². The topological polar surface area (TPSA) is 57.5 Å². The van der Waals surface area contributed by atoms with Crippen molar-refractivity contribution in [2.75, 3.05) is 13.7 Å². The summed E-state index contributed by atoms with van der Waals surface area (Å²) in [5.41, 5.74) is 0.183. The predicted molar refractivity (Wildman–Crippen MR) is 110 cm³/mol. The van der Waals surface area contributed by atoms with Gasteiger partial charge < -0.3 is 14.0 Å². The van der Waals surface area contributed by atoms with Crippen LogP contribution in [0.2, 0.25) is 0 Å². The van der Waals surface area contributed by atoms with E-state index in [1.165, 1.54) is 22.0 Å². The van der Waals surface area contributed by atoms with E-state index in [0.29, 0.717) is 27.3 Å². The molecule has 6 heteroatoms. The smallest absolute Gasteiger partial charge is 0.268 e. The number of ether oxygens (including phenoxy) is 2. The molecule has 27 heavy (non-hydrogen) atoms. The molecule has 2 aromatic rings. The number of carbonyl (C=O) groups excluding carboxylic acids is 1. The highest BCUT2D eigenvalue weighted by molar-refractivity contribution is 7.07. The Kier molecular flexibility index (Phi) is 6.44.